The van der Waals surface area contributed by atoms with Crippen molar-refractivity contribution in [1.29, 1.82) is 0 Å². The van der Waals surface area contributed by atoms with E-state index in [1.165, 1.54) is 0 Å². The molecule has 1 aromatic rings. The number of piperazine rings is 1. The Bertz CT molecular complexity index is 357. The van der Waals surface area contributed by atoms with Gasteiger partial charge < -0.3 is 20.9 Å². The molecule has 0 saturated carbocycles. The van der Waals surface area contributed by atoms with E-state index in [4.69, 9.17) is 5.73 Å². The largest absolute Gasteiger partial charge is 0.396 e. The first-order chi connectivity index (χ1) is 7.70. The molecular formula is C11H19N5. The summed E-state index contributed by atoms with van der Waals surface area (Å²) in [7, 11) is 4.01. The summed E-state index contributed by atoms with van der Waals surface area (Å²) in [6.45, 7) is 4.20. The fourth-order valence-corrected chi connectivity index (χ4v) is 1.91. The van der Waals surface area contributed by atoms with Gasteiger partial charge in [0, 0.05) is 39.3 Å². The van der Waals surface area contributed by atoms with Gasteiger partial charge in [0.05, 0.1) is 17.6 Å². The average Bonchev–Trinajstić information content (AvgIpc) is 2.31. The van der Waals surface area contributed by atoms with Gasteiger partial charge in [0.2, 0.25) is 0 Å². The second-order valence-electron chi connectivity index (χ2n) is 4.17. The average molecular weight is 221 g/mol. The minimum Gasteiger partial charge on any atom is -0.396 e. The van der Waals surface area contributed by atoms with Crippen molar-refractivity contribution in [3.8, 4) is 0 Å². The van der Waals surface area contributed by atoms with E-state index < -0.39 is 0 Å². The lowest BCUT2D eigenvalue weighted by atomic mass is 10.2. The lowest BCUT2D eigenvalue weighted by molar-refractivity contribution is 0.313. The highest BCUT2D eigenvalue weighted by Crippen LogP contribution is 2.25. The summed E-state index contributed by atoms with van der Waals surface area (Å²) in [6, 6.07) is 2.01. The van der Waals surface area contributed by atoms with Crippen molar-refractivity contribution in [3.05, 3.63) is 12.3 Å². The van der Waals surface area contributed by atoms with Crippen LogP contribution in [0.4, 0.5) is 17.2 Å². The summed E-state index contributed by atoms with van der Waals surface area (Å²) in [4.78, 5) is 8.84. The molecular weight excluding hydrogens is 202 g/mol. The normalized spacial score (nSPS) is 17.5. The zero-order valence-electron chi connectivity index (χ0n) is 9.90. The molecule has 1 fully saturated rings. The van der Waals surface area contributed by atoms with E-state index in [2.05, 4.69) is 27.1 Å². The van der Waals surface area contributed by atoms with Crippen LogP contribution in [-0.4, -0.2) is 50.2 Å². The second kappa shape index (κ2) is 4.57. The van der Waals surface area contributed by atoms with Crippen molar-refractivity contribution in [2.45, 2.75) is 0 Å². The van der Waals surface area contributed by atoms with Crippen molar-refractivity contribution in [1.82, 2.24) is 9.88 Å². The first kappa shape index (κ1) is 11.0. The van der Waals surface area contributed by atoms with Gasteiger partial charge in [0.15, 0.2) is 0 Å². The van der Waals surface area contributed by atoms with Crippen LogP contribution in [0, 0.1) is 0 Å². The Morgan fingerprint density at radius 3 is 2.62 bits per heavy atom. The standard InChI is InChI=1S/C11H19N5/c1-13-11-7-10(9(12)8-14-11)16-5-3-15(2)4-6-16/h7-8H,3-6,12H2,1-2H3,(H,13,14). The molecule has 0 spiro atoms. The molecule has 88 valence electrons. The Balaban J connectivity index is 2.19. The zero-order chi connectivity index (χ0) is 11.5. The zero-order valence-corrected chi connectivity index (χ0v) is 9.90. The third kappa shape index (κ3) is 2.19. The third-order valence-corrected chi connectivity index (χ3v) is 3.01. The van der Waals surface area contributed by atoms with Crippen molar-refractivity contribution in [3.63, 3.8) is 0 Å². The van der Waals surface area contributed by atoms with Crippen LogP contribution in [-0.2, 0) is 0 Å². The number of nitrogens with zero attached hydrogens (tertiary/aromatic N) is 3. The van der Waals surface area contributed by atoms with Crippen LogP contribution in [0.5, 0.6) is 0 Å². The second-order valence-corrected chi connectivity index (χ2v) is 4.17. The molecule has 5 nitrogen and oxygen atoms in total. The van der Waals surface area contributed by atoms with Gasteiger partial charge in [-0.05, 0) is 7.05 Å². The van der Waals surface area contributed by atoms with Crippen LogP contribution in [0.3, 0.4) is 0 Å². The number of hydrogen-bond donors (Lipinski definition) is 2. The number of nitrogens with one attached hydrogen (secondary N) is 1. The topological polar surface area (TPSA) is 57.4 Å². The van der Waals surface area contributed by atoms with Gasteiger partial charge in [-0.15, -0.1) is 0 Å². The van der Waals surface area contributed by atoms with Crippen molar-refractivity contribution >= 4 is 17.2 Å². The predicted molar refractivity (Wildman–Crippen MR) is 67.9 cm³/mol. The summed E-state index contributed by atoms with van der Waals surface area (Å²) in [5, 5.41) is 3.04. The summed E-state index contributed by atoms with van der Waals surface area (Å²) < 4.78 is 0. The molecule has 5 heteroatoms. The van der Waals surface area contributed by atoms with E-state index in [0.717, 1.165) is 43.4 Å². The summed E-state index contributed by atoms with van der Waals surface area (Å²) in [5.41, 5.74) is 7.81. The van der Waals surface area contributed by atoms with Crippen LogP contribution in [0.2, 0.25) is 0 Å². The van der Waals surface area contributed by atoms with Crippen LogP contribution < -0.4 is 16.0 Å². The Morgan fingerprint density at radius 1 is 1.31 bits per heavy atom. The quantitative estimate of drug-likeness (QED) is 0.759. The Hall–Kier alpha value is -1.49. The fraction of sp³-hybridized carbons (Fsp3) is 0.545. The van der Waals surface area contributed by atoms with E-state index in [1.54, 1.807) is 6.20 Å². The molecule has 16 heavy (non-hydrogen) atoms. The van der Waals surface area contributed by atoms with Gasteiger partial charge in [-0.1, -0.05) is 0 Å². The predicted octanol–water partition coefficient (Wildman–Crippen LogP) is 0.457. The van der Waals surface area contributed by atoms with Crippen molar-refractivity contribution < 1.29 is 0 Å². The van der Waals surface area contributed by atoms with Gasteiger partial charge in [-0.25, -0.2) is 4.98 Å². The molecule has 1 aliphatic rings. The Kier molecular flexibility index (Phi) is 3.14. The monoisotopic (exact) mass is 221 g/mol. The van der Waals surface area contributed by atoms with E-state index in [1.807, 2.05) is 13.1 Å². The minimum absolute atomic E-state index is 0.753. The SMILES string of the molecule is CNc1cc(N2CCN(C)CC2)c(N)cn1. The van der Waals surface area contributed by atoms with Gasteiger partial charge >= 0.3 is 0 Å². The van der Waals surface area contributed by atoms with Crippen LogP contribution in [0.25, 0.3) is 0 Å². The van der Waals surface area contributed by atoms with Crippen LogP contribution in [0.1, 0.15) is 0 Å². The molecule has 0 bridgehead atoms. The van der Waals surface area contributed by atoms with Gasteiger partial charge in [0.25, 0.3) is 0 Å². The Morgan fingerprint density at radius 2 is 2.00 bits per heavy atom. The molecule has 1 saturated heterocycles. The van der Waals surface area contributed by atoms with Crippen molar-refractivity contribution in [2.75, 3.05) is 56.2 Å². The lowest BCUT2D eigenvalue weighted by Gasteiger charge is -2.34. The van der Waals surface area contributed by atoms with Gasteiger partial charge in [-0.2, -0.15) is 0 Å². The molecule has 1 aromatic heterocycles. The maximum atomic E-state index is 5.96. The van der Waals surface area contributed by atoms with Crippen molar-refractivity contribution in [2.24, 2.45) is 0 Å². The van der Waals surface area contributed by atoms with E-state index in [-0.39, 0.29) is 0 Å². The first-order valence-corrected chi connectivity index (χ1v) is 5.57. The highest BCUT2D eigenvalue weighted by atomic mass is 15.3. The van der Waals surface area contributed by atoms with E-state index in [9.17, 15) is 0 Å². The number of likely N-dealkylation sites (N-methyl/N-ethyl adjacent to an activating group) is 1. The van der Waals surface area contributed by atoms with E-state index in [0.29, 0.717) is 0 Å². The Labute approximate surface area is 96.2 Å². The first-order valence-electron chi connectivity index (χ1n) is 5.57. The molecule has 0 amide bonds. The number of aromatic nitrogens is 1. The smallest absolute Gasteiger partial charge is 0.127 e. The highest BCUT2D eigenvalue weighted by molar-refractivity contribution is 5.70. The summed E-state index contributed by atoms with van der Waals surface area (Å²) in [6.07, 6.45) is 1.72. The molecule has 2 heterocycles. The number of nitrogens with two attached hydrogens (primary N) is 1. The molecule has 2 rings (SSSR count). The molecule has 0 aliphatic carbocycles. The molecule has 0 aromatic carbocycles. The number of nitrogen functional groups attached to an aromatic ring is 1. The molecule has 0 unspecified atom stereocenters. The third-order valence-electron chi connectivity index (χ3n) is 3.01. The lowest BCUT2D eigenvalue weighted by Crippen LogP contribution is -2.44. The molecule has 0 atom stereocenters. The molecule has 3 N–H and O–H groups in total. The highest BCUT2D eigenvalue weighted by Gasteiger charge is 2.16. The maximum absolute atomic E-state index is 5.96. The molecule has 1 aliphatic heterocycles. The minimum atomic E-state index is 0.753. The molecule has 0 radical (unpaired) electrons. The van der Waals surface area contributed by atoms with Gasteiger partial charge in [0.1, 0.15) is 5.82 Å². The number of anilines is 3. The number of hydrogen-bond acceptors (Lipinski definition) is 5. The fourth-order valence-electron chi connectivity index (χ4n) is 1.91. The summed E-state index contributed by atoms with van der Waals surface area (Å²) >= 11 is 0. The van der Waals surface area contributed by atoms with E-state index >= 15 is 0 Å². The summed E-state index contributed by atoms with van der Waals surface area (Å²) in [5.74, 6) is 0.864. The van der Waals surface area contributed by atoms with Crippen LogP contribution >= 0.6 is 0 Å². The van der Waals surface area contributed by atoms with Gasteiger partial charge in [-0.3, -0.25) is 0 Å². The number of pyridine rings is 1. The maximum Gasteiger partial charge on any atom is 0.127 e. The number of rotatable bonds is 2. The van der Waals surface area contributed by atoms with Crippen LogP contribution in [0.15, 0.2) is 12.3 Å².